The number of hydrogen-bond donors (Lipinski definition) is 1. The topological polar surface area (TPSA) is 72.8 Å². The highest BCUT2D eigenvalue weighted by molar-refractivity contribution is 5.70. The van der Waals surface area contributed by atoms with Gasteiger partial charge in [-0.25, -0.2) is 0 Å². The van der Waals surface area contributed by atoms with Crippen molar-refractivity contribution in [1.82, 2.24) is 0 Å². The summed E-state index contributed by atoms with van der Waals surface area (Å²) in [7, 11) is 0. The molecule has 0 aromatic rings. The Kier molecular flexibility index (Phi) is 42.4. The third kappa shape index (κ3) is 41.1. The molecule has 0 amide bonds. The molecule has 0 aliphatic carbocycles. The van der Waals surface area contributed by atoms with Gasteiger partial charge in [-0.2, -0.15) is 0 Å². The standard InChI is InChI=1S/C47H88O5/c1-3-5-7-9-11-13-15-17-19-20-21-22-23-24-25-26-27-28-30-31-33-35-37-39-41-46(49)51-44-45(43-48)52-47(50)42-40-38-36-34-32-29-18-16-14-12-10-8-6-4-2/h10,12,16,18,45,48H,3-9,11,13-15,17,19-44H2,1-2H3/b12-10-,18-16-. The van der Waals surface area contributed by atoms with Crippen molar-refractivity contribution < 1.29 is 24.2 Å². The predicted octanol–water partition coefficient (Wildman–Crippen LogP) is 14.6. The van der Waals surface area contributed by atoms with Gasteiger partial charge in [-0.05, 0) is 38.5 Å². The fourth-order valence-electron chi connectivity index (χ4n) is 6.75. The lowest BCUT2D eigenvalue weighted by Crippen LogP contribution is -2.28. The number of esters is 2. The molecular formula is C47H88O5. The van der Waals surface area contributed by atoms with E-state index >= 15 is 0 Å². The average molecular weight is 733 g/mol. The second kappa shape index (κ2) is 43.8. The number of carbonyl (C=O) groups excluding carboxylic acids is 2. The normalized spacial score (nSPS) is 12.3. The molecule has 306 valence electrons. The Hall–Kier alpha value is -1.62. The maximum absolute atomic E-state index is 12.2. The molecule has 52 heavy (non-hydrogen) atoms. The molecule has 0 spiro atoms. The smallest absolute Gasteiger partial charge is 0.306 e. The van der Waals surface area contributed by atoms with E-state index in [-0.39, 0.29) is 25.2 Å². The molecule has 0 radical (unpaired) electrons. The Balaban J connectivity index is 3.46. The van der Waals surface area contributed by atoms with Crippen LogP contribution >= 0.6 is 0 Å². The molecule has 0 heterocycles. The van der Waals surface area contributed by atoms with Crippen LogP contribution < -0.4 is 0 Å². The van der Waals surface area contributed by atoms with Crippen LogP contribution in [-0.4, -0.2) is 36.4 Å². The lowest BCUT2D eigenvalue weighted by atomic mass is 10.0. The van der Waals surface area contributed by atoms with Crippen LogP contribution in [0.4, 0.5) is 0 Å². The Bertz CT molecular complexity index is 791. The Morgan fingerprint density at radius 1 is 0.442 bits per heavy atom. The van der Waals surface area contributed by atoms with Crippen molar-refractivity contribution in [2.45, 2.75) is 251 Å². The molecule has 0 aromatic carbocycles. The van der Waals surface area contributed by atoms with E-state index in [4.69, 9.17) is 9.47 Å². The first kappa shape index (κ1) is 50.4. The molecule has 0 aromatic heterocycles. The third-order valence-corrected chi connectivity index (χ3v) is 10.2. The van der Waals surface area contributed by atoms with Crippen LogP contribution in [0, 0.1) is 0 Å². The minimum atomic E-state index is -0.774. The maximum Gasteiger partial charge on any atom is 0.306 e. The van der Waals surface area contributed by atoms with Gasteiger partial charge in [0.15, 0.2) is 6.10 Å². The zero-order chi connectivity index (χ0) is 37.8. The van der Waals surface area contributed by atoms with Crippen molar-refractivity contribution in [2.75, 3.05) is 13.2 Å². The molecule has 0 fully saturated rings. The van der Waals surface area contributed by atoms with Crippen molar-refractivity contribution >= 4 is 11.9 Å². The van der Waals surface area contributed by atoms with E-state index in [2.05, 4.69) is 38.2 Å². The summed E-state index contributed by atoms with van der Waals surface area (Å²) in [6.07, 6.45) is 52.6. The van der Waals surface area contributed by atoms with E-state index in [1.165, 1.54) is 167 Å². The van der Waals surface area contributed by atoms with E-state index in [1.807, 2.05) is 0 Å². The molecule has 0 rings (SSSR count). The summed E-state index contributed by atoms with van der Waals surface area (Å²) in [5.41, 5.74) is 0. The van der Waals surface area contributed by atoms with Gasteiger partial charge >= 0.3 is 11.9 Å². The van der Waals surface area contributed by atoms with Crippen LogP contribution in [-0.2, 0) is 19.1 Å². The quantitative estimate of drug-likeness (QED) is 0.0384. The predicted molar refractivity (Wildman–Crippen MR) is 224 cm³/mol. The lowest BCUT2D eigenvalue weighted by Gasteiger charge is -2.15. The Morgan fingerprint density at radius 2 is 0.788 bits per heavy atom. The number of hydrogen-bond acceptors (Lipinski definition) is 5. The number of aliphatic hydroxyl groups excluding tert-OH is 1. The zero-order valence-electron chi connectivity index (χ0n) is 34.8. The highest BCUT2D eigenvalue weighted by Gasteiger charge is 2.16. The van der Waals surface area contributed by atoms with Gasteiger partial charge in [0, 0.05) is 12.8 Å². The molecule has 1 unspecified atom stereocenters. The number of rotatable bonds is 42. The second-order valence-electron chi connectivity index (χ2n) is 15.5. The van der Waals surface area contributed by atoms with Gasteiger partial charge in [-0.3, -0.25) is 9.59 Å². The molecule has 5 nitrogen and oxygen atoms in total. The van der Waals surface area contributed by atoms with E-state index in [0.717, 1.165) is 51.4 Å². The molecule has 0 saturated heterocycles. The van der Waals surface area contributed by atoms with Crippen molar-refractivity contribution in [2.24, 2.45) is 0 Å². The minimum absolute atomic E-state index is 0.0669. The van der Waals surface area contributed by atoms with E-state index in [9.17, 15) is 14.7 Å². The lowest BCUT2D eigenvalue weighted by molar-refractivity contribution is -0.161. The number of aliphatic hydroxyl groups is 1. The van der Waals surface area contributed by atoms with Gasteiger partial charge in [0.1, 0.15) is 6.61 Å². The summed E-state index contributed by atoms with van der Waals surface area (Å²) in [4.78, 5) is 24.3. The molecule has 1 atom stereocenters. The average Bonchev–Trinajstić information content (AvgIpc) is 3.15. The highest BCUT2D eigenvalue weighted by Crippen LogP contribution is 2.16. The summed E-state index contributed by atoms with van der Waals surface area (Å²) < 4.78 is 10.6. The molecule has 0 saturated carbocycles. The Morgan fingerprint density at radius 3 is 1.19 bits per heavy atom. The molecule has 0 aliphatic heterocycles. The van der Waals surface area contributed by atoms with Gasteiger partial charge in [0.2, 0.25) is 0 Å². The van der Waals surface area contributed by atoms with Crippen LogP contribution in [0.25, 0.3) is 0 Å². The summed E-state index contributed by atoms with van der Waals surface area (Å²) in [6.45, 7) is 4.11. The van der Waals surface area contributed by atoms with Gasteiger partial charge in [-0.1, -0.05) is 218 Å². The fraction of sp³-hybridized carbons (Fsp3) is 0.872. The van der Waals surface area contributed by atoms with Crippen molar-refractivity contribution in [3.8, 4) is 0 Å². The first-order valence-corrected chi connectivity index (χ1v) is 22.9. The second-order valence-corrected chi connectivity index (χ2v) is 15.5. The van der Waals surface area contributed by atoms with E-state index in [0.29, 0.717) is 12.8 Å². The monoisotopic (exact) mass is 733 g/mol. The first-order valence-electron chi connectivity index (χ1n) is 22.9. The van der Waals surface area contributed by atoms with Crippen LogP contribution in [0.5, 0.6) is 0 Å². The third-order valence-electron chi connectivity index (χ3n) is 10.2. The molecular weight excluding hydrogens is 645 g/mol. The van der Waals surface area contributed by atoms with Gasteiger partial charge in [-0.15, -0.1) is 0 Å². The molecule has 0 bridgehead atoms. The van der Waals surface area contributed by atoms with Crippen LogP contribution in [0.15, 0.2) is 24.3 Å². The van der Waals surface area contributed by atoms with Crippen LogP contribution in [0.2, 0.25) is 0 Å². The van der Waals surface area contributed by atoms with Gasteiger partial charge < -0.3 is 14.6 Å². The van der Waals surface area contributed by atoms with Crippen molar-refractivity contribution in [3.63, 3.8) is 0 Å². The molecule has 5 heteroatoms. The van der Waals surface area contributed by atoms with Crippen LogP contribution in [0.1, 0.15) is 245 Å². The maximum atomic E-state index is 12.2. The molecule has 0 aliphatic rings. The summed E-state index contributed by atoms with van der Waals surface area (Å²) in [5, 5.41) is 9.57. The zero-order valence-corrected chi connectivity index (χ0v) is 34.8. The number of unbranched alkanes of at least 4 members (excludes halogenated alkanes) is 30. The van der Waals surface area contributed by atoms with E-state index < -0.39 is 6.10 Å². The van der Waals surface area contributed by atoms with Crippen LogP contribution in [0.3, 0.4) is 0 Å². The number of allylic oxidation sites excluding steroid dienone is 4. The summed E-state index contributed by atoms with van der Waals surface area (Å²) >= 11 is 0. The first-order chi connectivity index (χ1) is 25.6. The minimum Gasteiger partial charge on any atom is -0.462 e. The van der Waals surface area contributed by atoms with Crippen molar-refractivity contribution in [1.29, 1.82) is 0 Å². The Labute approximate surface area is 323 Å². The van der Waals surface area contributed by atoms with Gasteiger partial charge in [0.05, 0.1) is 6.61 Å². The summed E-state index contributed by atoms with van der Waals surface area (Å²) in [5.74, 6) is -0.596. The fourth-order valence-corrected chi connectivity index (χ4v) is 6.75. The molecule has 1 N–H and O–H groups in total. The number of ether oxygens (including phenoxy) is 2. The number of carbonyl (C=O) groups is 2. The van der Waals surface area contributed by atoms with Gasteiger partial charge in [0.25, 0.3) is 0 Å². The SMILES string of the molecule is CCCC/C=C\C/C=C\CCCCCCCC(=O)OC(CO)COC(=O)CCCCCCCCCCCCCCCCCCCCCCCCCC. The largest absolute Gasteiger partial charge is 0.462 e. The highest BCUT2D eigenvalue weighted by atomic mass is 16.6. The van der Waals surface area contributed by atoms with E-state index in [1.54, 1.807) is 0 Å². The summed E-state index contributed by atoms with van der Waals surface area (Å²) in [6, 6.07) is 0. The van der Waals surface area contributed by atoms with Crippen molar-refractivity contribution in [3.05, 3.63) is 24.3 Å².